The van der Waals surface area contributed by atoms with E-state index in [2.05, 4.69) is 25.1 Å². The summed E-state index contributed by atoms with van der Waals surface area (Å²) in [5.74, 6) is 0.626. The molecule has 2 N–H and O–H groups in total. The summed E-state index contributed by atoms with van der Waals surface area (Å²) in [6.07, 6.45) is 5.20. The third-order valence-corrected chi connectivity index (χ3v) is 3.87. The monoisotopic (exact) mass is 226 g/mol. The summed E-state index contributed by atoms with van der Waals surface area (Å²) in [5.41, 5.74) is 10.5. The number of para-hydroxylation sites is 1. The molecule has 2 nitrogen and oxygen atoms in total. The molecule has 0 radical (unpaired) electrons. The van der Waals surface area contributed by atoms with E-state index in [0.717, 1.165) is 16.6 Å². The van der Waals surface area contributed by atoms with Gasteiger partial charge in [0.15, 0.2) is 0 Å². The van der Waals surface area contributed by atoms with Gasteiger partial charge >= 0.3 is 0 Å². The molecular weight excluding hydrogens is 208 g/mol. The molecule has 3 rings (SSSR count). The smallest absolute Gasteiger partial charge is 0.0755 e. The zero-order chi connectivity index (χ0) is 11.8. The maximum Gasteiger partial charge on any atom is 0.0755 e. The highest BCUT2D eigenvalue weighted by molar-refractivity contribution is 5.92. The van der Waals surface area contributed by atoms with Crippen LogP contribution in [-0.4, -0.2) is 4.98 Å². The average Bonchev–Trinajstić information content (AvgIpc) is 2.84. The van der Waals surface area contributed by atoms with Gasteiger partial charge in [0.2, 0.25) is 0 Å². The van der Waals surface area contributed by atoms with Crippen LogP contribution in [-0.2, 0) is 0 Å². The lowest BCUT2D eigenvalue weighted by atomic mass is 10.0. The Morgan fingerprint density at radius 2 is 2.00 bits per heavy atom. The number of nitrogens with two attached hydrogens (primary N) is 1. The van der Waals surface area contributed by atoms with Crippen LogP contribution in [0.3, 0.4) is 0 Å². The Kier molecular flexibility index (Phi) is 2.50. The Hall–Kier alpha value is -1.57. The van der Waals surface area contributed by atoms with Crippen molar-refractivity contribution in [3.8, 4) is 0 Å². The first-order valence-electron chi connectivity index (χ1n) is 6.41. The number of benzene rings is 1. The van der Waals surface area contributed by atoms with Crippen LogP contribution < -0.4 is 5.73 Å². The number of nitrogen functional groups attached to an aromatic ring is 1. The minimum atomic E-state index is 0.626. The molecule has 1 fully saturated rings. The highest BCUT2D eigenvalue weighted by Crippen LogP contribution is 2.35. The molecule has 0 bridgehead atoms. The lowest BCUT2D eigenvalue weighted by Gasteiger charge is -2.12. The maximum absolute atomic E-state index is 6.15. The van der Waals surface area contributed by atoms with Gasteiger partial charge in [0.25, 0.3) is 0 Å². The van der Waals surface area contributed by atoms with E-state index in [9.17, 15) is 0 Å². The van der Waals surface area contributed by atoms with E-state index in [1.807, 2.05) is 6.07 Å². The molecule has 1 aliphatic rings. The first kappa shape index (κ1) is 10.6. The van der Waals surface area contributed by atoms with Crippen LogP contribution in [0, 0.1) is 6.92 Å². The predicted molar refractivity (Wildman–Crippen MR) is 72.1 cm³/mol. The number of aryl methyl sites for hydroxylation is 1. The zero-order valence-corrected chi connectivity index (χ0v) is 10.2. The van der Waals surface area contributed by atoms with Gasteiger partial charge in [-0.25, -0.2) is 0 Å². The first-order valence-corrected chi connectivity index (χ1v) is 6.41. The minimum absolute atomic E-state index is 0.626. The van der Waals surface area contributed by atoms with E-state index >= 15 is 0 Å². The van der Waals surface area contributed by atoms with Crippen molar-refractivity contribution >= 4 is 16.6 Å². The van der Waals surface area contributed by atoms with E-state index < -0.39 is 0 Å². The van der Waals surface area contributed by atoms with Crippen LogP contribution in [0.2, 0.25) is 0 Å². The summed E-state index contributed by atoms with van der Waals surface area (Å²) in [7, 11) is 0. The molecule has 1 heterocycles. The molecule has 0 aliphatic heterocycles. The number of fused-ring (bicyclic) bond motifs is 1. The normalized spacial score (nSPS) is 16.8. The van der Waals surface area contributed by atoms with E-state index in [4.69, 9.17) is 10.7 Å². The van der Waals surface area contributed by atoms with E-state index in [0.29, 0.717) is 5.92 Å². The zero-order valence-electron chi connectivity index (χ0n) is 10.2. The number of pyridine rings is 1. The summed E-state index contributed by atoms with van der Waals surface area (Å²) in [6.45, 7) is 2.10. The molecule has 0 unspecified atom stereocenters. The second-order valence-electron chi connectivity index (χ2n) is 5.09. The highest BCUT2D eigenvalue weighted by Gasteiger charge is 2.19. The Bertz CT molecular complexity index is 554. The molecule has 1 saturated carbocycles. The summed E-state index contributed by atoms with van der Waals surface area (Å²) in [5, 5.41) is 1.09. The molecule has 2 aromatic rings. The summed E-state index contributed by atoms with van der Waals surface area (Å²) >= 11 is 0. The van der Waals surface area contributed by atoms with E-state index in [1.54, 1.807) is 0 Å². The summed E-state index contributed by atoms with van der Waals surface area (Å²) < 4.78 is 0. The van der Waals surface area contributed by atoms with Gasteiger partial charge < -0.3 is 5.73 Å². The summed E-state index contributed by atoms with van der Waals surface area (Å²) in [6, 6.07) is 8.29. The van der Waals surface area contributed by atoms with Crippen molar-refractivity contribution in [1.82, 2.24) is 4.98 Å². The van der Waals surface area contributed by atoms with Crippen LogP contribution in [0.5, 0.6) is 0 Å². The van der Waals surface area contributed by atoms with Gasteiger partial charge in [0, 0.05) is 22.7 Å². The van der Waals surface area contributed by atoms with Gasteiger partial charge in [0.05, 0.1) is 5.52 Å². The maximum atomic E-state index is 6.15. The third kappa shape index (κ3) is 1.78. The highest BCUT2D eigenvalue weighted by atomic mass is 14.7. The molecule has 0 spiro atoms. The van der Waals surface area contributed by atoms with Crippen LogP contribution >= 0.6 is 0 Å². The molecule has 1 aromatic carbocycles. The number of anilines is 1. The van der Waals surface area contributed by atoms with Crippen LogP contribution in [0.1, 0.15) is 42.9 Å². The average molecular weight is 226 g/mol. The minimum Gasteiger partial charge on any atom is -0.398 e. The van der Waals surface area contributed by atoms with Crippen molar-refractivity contribution in [2.24, 2.45) is 0 Å². The first-order chi connectivity index (χ1) is 8.25. The molecule has 2 heteroatoms. The fourth-order valence-corrected chi connectivity index (χ4v) is 2.87. The van der Waals surface area contributed by atoms with E-state index in [1.165, 1.54) is 36.9 Å². The topological polar surface area (TPSA) is 38.9 Å². The third-order valence-electron chi connectivity index (χ3n) is 3.87. The quantitative estimate of drug-likeness (QED) is 0.803. The van der Waals surface area contributed by atoms with Crippen molar-refractivity contribution in [2.75, 3.05) is 5.73 Å². The second kappa shape index (κ2) is 4.02. The summed E-state index contributed by atoms with van der Waals surface area (Å²) in [4.78, 5) is 4.84. The van der Waals surface area contributed by atoms with Crippen molar-refractivity contribution in [3.63, 3.8) is 0 Å². The second-order valence-corrected chi connectivity index (χ2v) is 5.09. The largest absolute Gasteiger partial charge is 0.398 e. The molecule has 1 aliphatic carbocycles. The number of aromatic nitrogens is 1. The lowest BCUT2D eigenvalue weighted by Crippen LogP contribution is -2.00. The Morgan fingerprint density at radius 1 is 1.24 bits per heavy atom. The molecule has 0 amide bonds. The standard InChI is InChI=1S/C15H18N2/c1-10-5-4-8-12-13(16)9-14(17-15(10)12)11-6-2-3-7-11/h4-5,8-9,11H,2-3,6-7H2,1H3,(H2,16,17). The fraction of sp³-hybridized carbons (Fsp3) is 0.400. The van der Waals surface area contributed by atoms with Crippen LogP contribution in [0.15, 0.2) is 24.3 Å². The molecule has 1 aromatic heterocycles. The Labute approximate surface area is 102 Å². The number of hydrogen-bond acceptors (Lipinski definition) is 2. The SMILES string of the molecule is Cc1cccc2c(N)cc(C3CCCC3)nc12. The molecule has 0 saturated heterocycles. The van der Waals surface area contributed by atoms with Crippen molar-refractivity contribution in [3.05, 3.63) is 35.5 Å². The van der Waals surface area contributed by atoms with E-state index in [-0.39, 0.29) is 0 Å². The van der Waals surface area contributed by atoms with Gasteiger partial charge in [-0.1, -0.05) is 31.0 Å². The van der Waals surface area contributed by atoms with Gasteiger partial charge in [-0.15, -0.1) is 0 Å². The van der Waals surface area contributed by atoms with Gasteiger partial charge in [-0.3, -0.25) is 4.98 Å². The molecule has 0 atom stereocenters. The van der Waals surface area contributed by atoms with Crippen molar-refractivity contribution in [2.45, 2.75) is 38.5 Å². The van der Waals surface area contributed by atoms with Gasteiger partial charge in [-0.2, -0.15) is 0 Å². The number of hydrogen-bond donors (Lipinski definition) is 1. The van der Waals surface area contributed by atoms with Crippen LogP contribution in [0.25, 0.3) is 10.9 Å². The molecular formula is C15H18N2. The van der Waals surface area contributed by atoms with Gasteiger partial charge in [0.1, 0.15) is 0 Å². The van der Waals surface area contributed by atoms with Crippen LogP contribution in [0.4, 0.5) is 5.69 Å². The Morgan fingerprint density at radius 3 is 2.76 bits per heavy atom. The number of rotatable bonds is 1. The molecule has 17 heavy (non-hydrogen) atoms. The van der Waals surface area contributed by atoms with Gasteiger partial charge in [-0.05, 0) is 31.4 Å². The van der Waals surface area contributed by atoms with Crippen molar-refractivity contribution in [1.29, 1.82) is 0 Å². The predicted octanol–water partition coefficient (Wildman–Crippen LogP) is 3.78. The Balaban J connectivity index is 2.18. The fourth-order valence-electron chi connectivity index (χ4n) is 2.87. The van der Waals surface area contributed by atoms with Crippen molar-refractivity contribution < 1.29 is 0 Å². The molecule has 88 valence electrons. The number of nitrogens with zero attached hydrogens (tertiary/aromatic N) is 1. The lowest BCUT2D eigenvalue weighted by molar-refractivity contribution is 0.701.